The van der Waals surface area contributed by atoms with Crippen molar-refractivity contribution in [3.05, 3.63) is 107 Å². The summed E-state index contributed by atoms with van der Waals surface area (Å²) >= 11 is 0. The van der Waals surface area contributed by atoms with Gasteiger partial charge in [0.2, 0.25) is 0 Å². The van der Waals surface area contributed by atoms with Crippen LogP contribution < -0.4 is 10.2 Å². The van der Waals surface area contributed by atoms with E-state index in [1.165, 1.54) is 17.0 Å². The predicted octanol–water partition coefficient (Wildman–Crippen LogP) is 2.29. The lowest BCUT2D eigenvalue weighted by Crippen LogP contribution is -3.09. The highest BCUT2D eigenvalue weighted by molar-refractivity contribution is 6.09. The zero-order chi connectivity index (χ0) is 21.1. The van der Waals surface area contributed by atoms with Gasteiger partial charge in [0, 0.05) is 5.56 Å². The molecule has 3 aromatic carbocycles. The average molecular weight is 404 g/mol. The van der Waals surface area contributed by atoms with Crippen molar-refractivity contribution >= 4 is 11.9 Å². The number of halogens is 1. The van der Waals surface area contributed by atoms with Crippen molar-refractivity contribution in [2.24, 2.45) is 0 Å². The molecule has 0 radical (unpaired) electrons. The number of quaternary nitrogens is 1. The Morgan fingerprint density at radius 1 is 0.867 bits per heavy atom. The first-order chi connectivity index (χ1) is 14.5. The van der Waals surface area contributed by atoms with Crippen LogP contribution in [0.4, 0.5) is 9.18 Å². The number of rotatable bonds is 6. The van der Waals surface area contributed by atoms with E-state index in [9.17, 15) is 14.0 Å². The summed E-state index contributed by atoms with van der Waals surface area (Å²) < 4.78 is 13.1. The highest BCUT2D eigenvalue weighted by atomic mass is 19.1. The molecule has 1 unspecified atom stereocenters. The molecular weight excluding hydrogens is 381 g/mol. The minimum absolute atomic E-state index is 0.198. The van der Waals surface area contributed by atoms with Gasteiger partial charge in [-0.3, -0.25) is 4.79 Å². The maximum Gasteiger partial charge on any atom is 0.330 e. The summed E-state index contributed by atoms with van der Waals surface area (Å²) in [5.41, 5.74) is 1.11. The van der Waals surface area contributed by atoms with Crippen LogP contribution in [0.2, 0.25) is 0 Å². The predicted molar refractivity (Wildman–Crippen MR) is 111 cm³/mol. The number of nitrogens with zero attached hydrogens (tertiary/aromatic N) is 1. The topological polar surface area (TPSA) is 53.9 Å². The summed E-state index contributed by atoms with van der Waals surface area (Å²) in [6.07, 6.45) is 0. The Balaban J connectivity index is 1.63. The number of benzene rings is 3. The molecule has 1 atom stereocenters. The lowest BCUT2D eigenvalue weighted by molar-refractivity contribution is -0.901. The van der Waals surface area contributed by atoms with E-state index in [4.69, 9.17) is 0 Å². The molecule has 1 fully saturated rings. The molecular formula is C24H23FN3O2+. The highest BCUT2D eigenvalue weighted by Gasteiger charge is 2.54. The van der Waals surface area contributed by atoms with Crippen LogP contribution in [0, 0.1) is 5.82 Å². The Bertz CT molecular complexity index is 1000. The first-order valence-corrected chi connectivity index (χ1v) is 9.81. The molecule has 5 nitrogen and oxygen atoms in total. The largest absolute Gasteiger partial charge is 0.330 e. The normalized spacial score (nSPS) is 16.4. The molecule has 3 amide bonds. The van der Waals surface area contributed by atoms with E-state index < -0.39 is 11.6 Å². The van der Waals surface area contributed by atoms with E-state index in [-0.39, 0.29) is 18.4 Å². The quantitative estimate of drug-likeness (QED) is 0.620. The van der Waals surface area contributed by atoms with Gasteiger partial charge in [-0.1, -0.05) is 72.8 Å². The van der Waals surface area contributed by atoms with Gasteiger partial charge in [0.05, 0.1) is 7.05 Å². The van der Waals surface area contributed by atoms with Gasteiger partial charge in [-0.2, -0.15) is 0 Å². The number of carbonyl (C=O) groups excluding carboxylic acids is 2. The molecule has 152 valence electrons. The van der Waals surface area contributed by atoms with Crippen molar-refractivity contribution in [1.82, 2.24) is 10.2 Å². The third-order valence-electron chi connectivity index (χ3n) is 5.37. The van der Waals surface area contributed by atoms with E-state index in [0.29, 0.717) is 17.7 Å². The third-order valence-corrected chi connectivity index (χ3v) is 5.37. The summed E-state index contributed by atoms with van der Waals surface area (Å²) in [4.78, 5) is 28.8. The van der Waals surface area contributed by atoms with Crippen LogP contribution in [0.5, 0.6) is 0 Å². The number of hydrogen-bond donors (Lipinski definition) is 2. The minimum Gasteiger partial charge on any atom is -0.316 e. The smallest absolute Gasteiger partial charge is 0.316 e. The van der Waals surface area contributed by atoms with E-state index in [1.54, 1.807) is 12.1 Å². The van der Waals surface area contributed by atoms with Crippen molar-refractivity contribution < 1.29 is 18.9 Å². The number of nitrogens with one attached hydrogen (secondary N) is 2. The van der Waals surface area contributed by atoms with Crippen LogP contribution in [-0.4, -0.2) is 30.6 Å². The number of carbonyl (C=O) groups is 2. The summed E-state index contributed by atoms with van der Waals surface area (Å²) in [5, 5.41) is 2.95. The number of urea groups is 1. The van der Waals surface area contributed by atoms with Gasteiger partial charge in [-0.05, 0) is 23.3 Å². The molecule has 1 saturated heterocycles. The molecule has 30 heavy (non-hydrogen) atoms. The molecule has 1 aliphatic rings. The summed E-state index contributed by atoms with van der Waals surface area (Å²) in [7, 11) is 1.90. The maximum atomic E-state index is 13.7. The maximum absolute atomic E-state index is 13.7. The molecule has 4 rings (SSSR count). The van der Waals surface area contributed by atoms with Gasteiger partial charge < -0.3 is 10.2 Å². The van der Waals surface area contributed by atoms with Gasteiger partial charge >= 0.3 is 6.03 Å². The Morgan fingerprint density at radius 3 is 1.93 bits per heavy atom. The van der Waals surface area contributed by atoms with Crippen LogP contribution in [0.15, 0.2) is 84.9 Å². The molecule has 6 heteroatoms. The first kappa shape index (κ1) is 19.8. The molecule has 0 aliphatic carbocycles. The molecule has 0 spiro atoms. The average Bonchev–Trinajstić information content (AvgIpc) is 3.02. The number of hydrogen-bond acceptors (Lipinski definition) is 2. The van der Waals surface area contributed by atoms with Gasteiger partial charge in [-0.15, -0.1) is 0 Å². The van der Waals surface area contributed by atoms with E-state index in [0.717, 1.165) is 10.5 Å². The molecule has 1 aliphatic heterocycles. The van der Waals surface area contributed by atoms with E-state index in [2.05, 4.69) is 5.32 Å². The lowest BCUT2D eigenvalue weighted by atomic mass is 9.83. The van der Waals surface area contributed by atoms with Gasteiger partial charge in [-0.25, -0.2) is 14.1 Å². The third kappa shape index (κ3) is 3.57. The molecule has 1 heterocycles. The second kappa shape index (κ2) is 8.08. The first-order valence-electron chi connectivity index (χ1n) is 9.81. The highest BCUT2D eigenvalue weighted by Crippen LogP contribution is 2.35. The standard InChI is InChI=1S/C24H22FN3O2/c1-27(16-18-12-14-21(25)15-13-18)17-28-22(29)24(26-23(28)30,19-8-4-2-5-9-19)20-10-6-3-7-11-20/h2-15H,16-17H2,1H3,(H,26,30)/p+1. The van der Waals surface area contributed by atoms with E-state index in [1.807, 2.05) is 67.7 Å². The van der Waals surface area contributed by atoms with Crippen molar-refractivity contribution in [2.75, 3.05) is 13.7 Å². The molecule has 0 saturated carbocycles. The number of imide groups is 1. The van der Waals surface area contributed by atoms with Gasteiger partial charge in [0.1, 0.15) is 12.4 Å². The van der Waals surface area contributed by atoms with Crippen molar-refractivity contribution in [1.29, 1.82) is 0 Å². The SMILES string of the molecule is C[NH+](Cc1ccc(F)cc1)CN1C(=O)NC(c2ccccc2)(c2ccccc2)C1=O. The molecule has 0 bridgehead atoms. The summed E-state index contributed by atoms with van der Waals surface area (Å²) in [5.74, 6) is -0.593. The van der Waals surface area contributed by atoms with Crippen LogP contribution in [0.3, 0.4) is 0 Å². The second-order valence-corrected chi connectivity index (χ2v) is 7.56. The summed E-state index contributed by atoms with van der Waals surface area (Å²) in [6, 6.07) is 24.4. The fraction of sp³-hybridized carbons (Fsp3) is 0.167. The Labute approximate surface area is 174 Å². The van der Waals surface area contributed by atoms with Crippen molar-refractivity contribution in [3.8, 4) is 0 Å². The number of amides is 3. The van der Waals surface area contributed by atoms with Crippen LogP contribution in [0.1, 0.15) is 16.7 Å². The Morgan fingerprint density at radius 2 is 1.40 bits per heavy atom. The molecule has 0 aromatic heterocycles. The van der Waals surface area contributed by atoms with Crippen LogP contribution in [-0.2, 0) is 16.9 Å². The molecule has 3 aromatic rings. The van der Waals surface area contributed by atoms with Crippen molar-refractivity contribution in [3.63, 3.8) is 0 Å². The van der Waals surface area contributed by atoms with Crippen LogP contribution >= 0.6 is 0 Å². The zero-order valence-corrected chi connectivity index (χ0v) is 16.6. The van der Waals surface area contributed by atoms with E-state index >= 15 is 0 Å². The fourth-order valence-corrected chi connectivity index (χ4v) is 3.93. The lowest BCUT2D eigenvalue weighted by Gasteiger charge is -2.28. The fourth-order valence-electron chi connectivity index (χ4n) is 3.93. The minimum atomic E-state index is -1.25. The Hall–Kier alpha value is -3.51. The second-order valence-electron chi connectivity index (χ2n) is 7.56. The van der Waals surface area contributed by atoms with Crippen LogP contribution in [0.25, 0.3) is 0 Å². The van der Waals surface area contributed by atoms with Gasteiger partial charge in [0.25, 0.3) is 5.91 Å². The van der Waals surface area contributed by atoms with Gasteiger partial charge in [0.15, 0.2) is 12.2 Å². The van der Waals surface area contributed by atoms with Crippen molar-refractivity contribution in [2.45, 2.75) is 12.1 Å². The molecule has 2 N–H and O–H groups in total. The monoisotopic (exact) mass is 404 g/mol. The zero-order valence-electron chi connectivity index (χ0n) is 16.6. The summed E-state index contributed by atoms with van der Waals surface area (Å²) in [6.45, 7) is 0.754. The Kier molecular flexibility index (Phi) is 5.33.